The normalized spacial score (nSPS) is 12.4. The van der Waals surface area contributed by atoms with Crippen molar-refractivity contribution in [2.24, 2.45) is 0 Å². The lowest BCUT2D eigenvalue weighted by atomic mass is 10.0. The molecule has 0 spiro atoms. The minimum Gasteiger partial charge on any atom is -0.495 e. The highest BCUT2D eigenvalue weighted by Gasteiger charge is 2.17. The van der Waals surface area contributed by atoms with Gasteiger partial charge >= 0.3 is 0 Å². The number of anilines is 1. The monoisotopic (exact) mass is 219 g/mol. The molecule has 0 aliphatic rings. The first-order chi connectivity index (χ1) is 7.74. The quantitative estimate of drug-likeness (QED) is 0.774. The van der Waals surface area contributed by atoms with Gasteiger partial charge in [0, 0.05) is 5.56 Å². The zero-order valence-electron chi connectivity index (χ0n) is 8.88. The second kappa shape index (κ2) is 4.28. The van der Waals surface area contributed by atoms with Crippen LogP contribution in [0.4, 0.5) is 5.69 Å². The first-order valence-corrected chi connectivity index (χ1v) is 4.88. The van der Waals surface area contributed by atoms with Gasteiger partial charge in [-0.05, 0) is 18.2 Å². The fourth-order valence-corrected chi connectivity index (χ4v) is 1.58. The summed E-state index contributed by atoms with van der Waals surface area (Å²) in [5.74, 6) is 1.00. The molecule has 0 radical (unpaired) electrons. The van der Waals surface area contributed by atoms with E-state index in [4.69, 9.17) is 14.9 Å². The van der Waals surface area contributed by atoms with Gasteiger partial charge in [0.2, 0.25) is 0 Å². The van der Waals surface area contributed by atoms with Crippen LogP contribution in [0.1, 0.15) is 17.4 Å². The number of hydrogen-bond acceptors (Lipinski definition) is 4. The molecule has 2 rings (SSSR count). The zero-order chi connectivity index (χ0) is 11.5. The molecule has 1 aromatic carbocycles. The molecule has 84 valence electrons. The lowest BCUT2D eigenvalue weighted by Gasteiger charge is -2.13. The van der Waals surface area contributed by atoms with E-state index in [-0.39, 0.29) is 0 Å². The van der Waals surface area contributed by atoms with E-state index in [9.17, 15) is 5.11 Å². The number of aliphatic hydroxyl groups excluding tert-OH is 1. The summed E-state index contributed by atoms with van der Waals surface area (Å²) in [5, 5.41) is 10.1. The second-order valence-electron chi connectivity index (χ2n) is 3.38. The average molecular weight is 219 g/mol. The van der Waals surface area contributed by atoms with Crippen LogP contribution in [0.25, 0.3) is 0 Å². The number of methoxy groups -OCH3 is 1. The number of aliphatic hydroxyl groups is 1. The third-order valence-corrected chi connectivity index (χ3v) is 2.43. The van der Waals surface area contributed by atoms with Crippen LogP contribution in [0.2, 0.25) is 0 Å². The van der Waals surface area contributed by atoms with Gasteiger partial charge in [0.1, 0.15) is 17.6 Å². The number of furan rings is 1. The van der Waals surface area contributed by atoms with Crippen LogP contribution in [-0.4, -0.2) is 12.2 Å². The maximum Gasteiger partial charge on any atom is 0.142 e. The van der Waals surface area contributed by atoms with Crippen molar-refractivity contribution in [3.63, 3.8) is 0 Å². The Bertz CT molecular complexity index is 465. The Labute approximate surface area is 93.3 Å². The molecule has 3 N–H and O–H groups in total. The van der Waals surface area contributed by atoms with Gasteiger partial charge in [-0.3, -0.25) is 0 Å². The molecule has 2 aromatic rings. The van der Waals surface area contributed by atoms with Crippen molar-refractivity contribution in [3.05, 3.63) is 47.9 Å². The number of nitrogens with two attached hydrogens (primary N) is 1. The summed E-state index contributed by atoms with van der Waals surface area (Å²) in [7, 11) is 1.54. The van der Waals surface area contributed by atoms with Crippen LogP contribution in [0, 0.1) is 0 Å². The molecule has 1 unspecified atom stereocenters. The van der Waals surface area contributed by atoms with Gasteiger partial charge in [0.05, 0.1) is 19.1 Å². The largest absolute Gasteiger partial charge is 0.495 e. The van der Waals surface area contributed by atoms with Crippen molar-refractivity contribution in [2.45, 2.75) is 6.10 Å². The molecule has 0 fully saturated rings. The summed E-state index contributed by atoms with van der Waals surface area (Å²) in [5.41, 5.74) is 6.88. The molecule has 0 amide bonds. The van der Waals surface area contributed by atoms with Gasteiger partial charge < -0.3 is 20.0 Å². The number of benzene rings is 1. The molecule has 16 heavy (non-hydrogen) atoms. The van der Waals surface area contributed by atoms with E-state index >= 15 is 0 Å². The highest BCUT2D eigenvalue weighted by Crippen LogP contribution is 2.32. The Morgan fingerprint density at radius 1 is 1.31 bits per heavy atom. The fourth-order valence-electron chi connectivity index (χ4n) is 1.58. The molecule has 1 atom stereocenters. The molecule has 1 heterocycles. The van der Waals surface area contributed by atoms with Gasteiger partial charge in [-0.2, -0.15) is 0 Å². The Morgan fingerprint density at radius 3 is 2.75 bits per heavy atom. The van der Waals surface area contributed by atoms with Gasteiger partial charge in [-0.15, -0.1) is 0 Å². The predicted octanol–water partition coefficient (Wildman–Crippen LogP) is 1.95. The Kier molecular flexibility index (Phi) is 2.83. The van der Waals surface area contributed by atoms with Crippen LogP contribution in [0.15, 0.2) is 41.0 Å². The standard InChI is InChI=1S/C12H13NO3/c1-15-9-5-2-4-8(11(9)13)12(14)10-6-3-7-16-10/h2-7,12,14H,13H2,1H3. The maximum absolute atomic E-state index is 10.1. The van der Waals surface area contributed by atoms with Crippen molar-refractivity contribution >= 4 is 5.69 Å². The SMILES string of the molecule is COc1cccc(C(O)c2ccco2)c1N. The van der Waals surface area contributed by atoms with E-state index in [0.717, 1.165) is 0 Å². The van der Waals surface area contributed by atoms with Crippen LogP contribution in [-0.2, 0) is 0 Å². The minimum absolute atomic E-state index is 0.425. The fraction of sp³-hybridized carbons (Fsp3) is 0.167. The molecule has 1 aromatic heterocycles. The molecule has 0 aliphatic carbocycles. The lowest BCUT2D eigenvalue weighted by molar-refractivity contribution is 0.189. The molecule has 4 nitrogen and oxygen atoms in total. The second-order valence-corrected chi connectivity index (χ2v) is 3.38. The van der Waals surface area contributed by atoms with Crippen LogP contribution in [0.5, 0.6) is 5.75 Å². The van der Waals surface area contributed by atoms with Gasteiger partial charge in [-0.25, -0.2) is 0 Å². The summed E-state index contributed by atoms with van der Waals surface area (Å²) in [6.45, 7) is 0. The summed E-state index contributed by atoms with van der Waals surface area (Å²) in [4.78, 5) is 0. The van der Waals surface area contributed by atoms with Gasteiger partial charge in [0.15, 0.2) is 0 Å². The third-order valence-electron chi connectivity index (χ3n) is 2.43. The Balaban J connectivity index is 2.41. The molecule has 0 aliphatic heterocycles. The Hall–Kier alpha value is -1.94. The summed E-state index contributed by atoms with van der Waals surface area (Å²) < 4.78 is 10.2. The summed E-state index contributed by atoms with van der Waals surface area (Å²) >= 11 is 0. The minimum atomic E-state index is -0.870. The maximum atomic E-state index is 10.1. The zero-order valence-corrected chi connectivity index (χ0v) is 8.88. The Morgan fingerprint density at radius 2 is 2.12 bits per heavy atom. The molecular formula is C12H13NO3. The smallest absolute Gasteiger partial charge is 0.142 e. The van der Waals surface area contributed by atoms with E-state index in [0.29, 0.717) is 22.8 Å². The lowest BCUT2D eigenvalue weighted by Crippen LogP contribution is -2.04. The summed E-state index contributed by atoms with van der Waals surface area (Å²) in [6.07, 6.45) is 0.639. The van der Waals surface area contributed by atoms with Crippen LogP contribution in [0.3, 0.4) is 0 Å². The van der Waals surface area contributed by atoms with E-state index < -0.39 is 6.10 Å². The number of hydrogen-bond donors (Lipinski definition) is 2. The average Bonchev–Trinajstić information content (AvgIpc) is 2.82. The molecule has 0 saturated heterocycles. The van der Waals surface area contributed by atoms with E-state index in [1.807, 2.05) is 0 Å². The van der Waals surface area contributed by atoms with Crippen molar-refractivity contribution in [3.8, 4) is 5.75 Å². The van der Waals surface area contributed by atoms with Crippen molar-refractivity contribution in [1.29, 1.82) is 0 Å². The van der Waals surface area contributed by atoms with E-state index in [2.05, 4.69) is 0 Å². The topological polar surface area (TPSA) is 68.6 Å². The highest BCUT2D eigenvalue weighted by atomic mass is 16.5. The number of para-hydroxylation sites is 1. The van der Waals surface area contributed by atoms with Gasteiger partial charge in [0.25, 0.3) is 0 Å². The number of nitrogen functional groups attached to an aromatic ring is 1. The molecule has 4 heteroatoms. The number of ether oxygens (including phenoxy) is 1. The third kappa shape index (κ3) is 1.75. The van der Waals surface area contributed by atoms with Crippen molar-refractivity contribution < 1.29 is 14.3 Å². The predicted molar refractivity (Wildman–Crippen MR) is 60.2 cm³/mol. The van der Waals surface area contributed by atoms with Gasteiger partial charge in [-0.1, -0.05) is 12.1 Å². The van der Waals surface area contributed by atoms with E-state index in [1.54, 1.807) is 30.3 Å². The van der Waals surface area contributed by atoms with Crippen LogP contribution < -0.4 is 10.5 Å². The number of rotatable bonds is 3. The summed E-state index contributed by atoms with van der Waals surface area (Å²) in [6, 6.07) is 8.67. The molecule has 0 saturated carbocycles. The van der Waals surface area contributed by atoms with Crippen LogP contribution >= 0.6 is 0 Å². The molecular weight excluding hydrogens is 206 g/mol. The van der Waals surface area contributed by atoms with Crippen molar-refractivity contribution in [2.75, 3.05) is 12.8 Å². The molecule has 0 bridgehead atoms. The highest BCUT2D eigenvalue weighted by molar-refractivity contribution is 5.60. The van der Waals surface area contributed by atoms with E-state index in [1.165, 1.54) is 13.4 Å². The van der Waals surface area contributed by atoms with Crippen molar-refractivity contribution in [1.82, 2.24) is 0 Å². The first kappa shape index (κ1) is 10.6. The first-order valence-electron chi connectivity index (χ1n) is 4.88.